The molecule has 0 aliphatic heterocycles. The number of benzene rings is 2. The molecular weight excluding hydrogens is 339 g/mol. The minimum atomic E-state index is -0.177. The van der Waals surface area contributed by atoms with Crippen LogP contribution < -0.4 is 5.32 Å². The summed E-state index contributed by atoms with van der Waals surface area (Å²) in [6, 6.07) is 16.1. The van der Waals surface area contributed by atoms with Crippen LogP contribution in [0, 0.1) is 14.9 Å². The lowest BCUT2D eigenvalue weighted by atomic mass is 10.1. The number of carbonyl (C=O) groups excluding carboxylic acids is 1. The van der Waals surface area contributed by atoms with Gasteiger partial charge in [-0.2, -0.15) is 5.26 Å². The topological polar surface area (TPSA) is 52.9 Å². The van der Waals surface area contributed by atoms with E-state index in [0.29, 0.717) is 11.1 Å². The van der Waals surface area contributed by atoms with E-state index in [0.717, 1.165) is 9.26 Å². The molecule has 0 bridgehead atoms. The quantitative estimate of drug-likeness (QED) is 0.846. The number of anilines is 1. The van der Waals surface area contributed by atoms with E-state index < -0.39 is 0 Å². The van der Waals surface area contributed by atoms with Gasteiger partial charge in [-0.25, -0.2) is 0 Å². The van der Waals surface area contributed by atoms with Gasteiger partial charge in [-0.05, 0) is 59.0 Å². The van der Waals surface area contributed by atoms with Crippen LogP contribution in [0.3, 0.4) is 0 Å². The van der Waals surface area contributed by atoms with Crippen LogP contribution in [0.15, 0.2) is 48.5 Å². The van der Waals surface area contributed by atoms with E-state index in [1.165, 1.54) is 0 Å². The molecule has 3 nitrogen and oxygen atoms in total. The lowest BCUT2D eigenvalue weighted by Crippen LogP contribution is -2.12. The Morgan fingerprint density at radius 1 is 1.11 bits per heavy atom. The maximum absolute atomic E-state index is 12.0. The Hall–Kier alpha value is -1.87. The molecule has 4 heteroatoms. The smallest absolute Gasteiger partial charge is 0.255 e. The van der Waals surface area contributed by atoms with Gasteiger partial charge in [0.2, 0.25) is 0 Å². The molecule has 0 aliphatic rings. The van der Waals surface area contributed by atoms with Crippen molar-refractivity contribution in [3.63, 3.8) is 0 Å². The second-order valence-corrected chi connectivity index (χ2v) is 4.79. The largest absolute Gasteiger partial charge is 0.321 e. The van der Waals surface area contributed by atoms with Gasteiger partial charge in [0.15, 0.2) is 0 Å². The number of carbonyl (C=O) groups is 1. The SMILES string of the molecule is N#Cc1ccc(C(=O)Nc2ccccc2I)cc1. The van der Waals surface area contributed by atoms with Crippen LogP contribution in [-0.2, 0) is 0 Å². The number of amides is 1. The molecular formula is C14H9IN2O. The van der Waals surface area contributed by atoms with E-state index in [4.69, 9.17) is 5.26 Å². The Balaban J connectivity index is 2.17. The maximum Gasteiger partial charge on any atom is 0.255 e. The summed E-state index contributed by atoms with van der Waals surface area (Å²) in [6.45, 7) is 0. The molecule has 88 valence electrons. The van der Waals surface area contributed by atoms with Crippen molar-refractivity contribution in [2.75, 3.05) is 5.32 Å². The van der Waals surface area contributed by atoms with Gasteiger partial charge >= 0.3 is 0 Å². The molecule has 1 N–H and O–H groups in total. The van der Waals surface area contributed by atoms with Crippen molar-refractivity contribution in [2.24, 2.45) is 0 Å². The number of halogens is 1. The van der Waals surface area contributed by atoms with Crippen molar-refractivity contribution >= 4 is 34.2 Å². The molecule has 0 saturated carbocycles. The fraction of sp³-hybridized carbons (Fsp3) is 0. The number of nitrogens with zero attached hydrogens (tertiary/aromatic N) is 1. The van der Waals surface area contributed by atoms with Crippen LogP contribution >= 0.6 is 22.6 Å². The third kappa shape index (κ3) is 2.87. The number of nitriles is 1. The van der Waals surface area contributed by atoms with Gasteiger partial charge in [-0.1, -0.05) is 12.1 Å². The lowest BCUT2D eigenvalue weighted by Gasteiger charge is -2.07. The van der Waals surface area contributed by atoms with Gasteiger partial charge in [0.25, 0.3) is 5.91 Å². The maximum atomic E-state index is 12.0. The Kier molecular flexibility index (Phi) is 3.95. The first-order valence-electron chi connectivity index (χ1n) is 5.27. The standard InChI is InChI=1S/C14H9IN2O/c15-12-3-1-2-4-13(12)17-14(18)11-7-5-10(9-16)6-8-11/h1-8H,(H,17,18). The van der Waals surface area contributed by atoms with Crippen LogP contribution in [0.2, 0.25) is 0 Å². The van der Waals surface area contributed by atoms with Gasteiger partial charge in [-0.3, -0.25) is 4.79 Å². The van der Waals surface area contributed by atoms with Crippen molar-refractivity contribution in [3.8, 4) is 6.07 Å². The Labute approximate surface area is 119 Å². The van der Waals surface area contributed by atoms with Gasteiger partial charge < -0.3 is 5.32 Å². The fourth-order valence-corrected chi connectivity index (χ4v) is 1.98. The summed E-state index contributed by atoms with van der Waals surface area (Å²) in [5.74, 6) is -0.177. The summed E-state index contributed by atoms with van der Waals surface area (Å²) in [5, 5.41) is 11.5. The zero-order valence-electron chi connectivity index (χ0n) is 9.35. The molecule has 0 aliphatic carbocycles. The Morgan fingerprint density at radius 2 is 1.78 bits per heavy atom. The normalized spacial score (nSPS) is 9.56. The molecule has 0 fully saturated rings. The van der Waals surface area contributed by atoms with Crippen LogP contribution in [0.5, 0.6) is 0 Å². The molecule has 0 heterocycles. The Morgan fingerprint density at radius 3 is 2.39 bits per heavy atom. The average Bonchev–Trinajstić information content (AvgIpc) is 2.41. The minimum Gasteiger partial charge on any atom is -0.321 e. The summed E-state index contributed by atoms with van der Waals surface area (Å²) in [5.41, 5.74) is 1.86. The van der Waals surface area contributed by atoms with E-state index in [1.807, 2.05) is 30.3 Å². The summed E-state index contributed by atoms with van der Waals surface area (Å²) in [6.07, 6.45) is 0. The van der Waals surface area contributed by atoms with Gasteiger partial charge in [0.05, 0.1) is 17.3 Å². The van der Waals surface area contributed by atoms with Gasteiger partial charge in [0.1, 0.15) is 0 Å². The minimum absolute atomic E-state index is 0.177. The molecule has 2 rings (SSSR count). The first kappa shape index (κ1) is 12.6. The van der Waals surface area contributed by atoms with E-state index in [9.17, 15) is 4.79 Å². The molecule has 0 aromatic heterocycles. The zero-order valence-corrected chi connectivity index (χ0v) is 11.5. The highest BCUT2D eigenvalue weighted by Crippen LogP contribution is 2.18. The number of hydrogen-bond donors (Lipinski definition) is 1. The summed E-state index contributed by atoms with van der Waals surface area (Å²) in [7, 11) is 0. The number of para-hydroxylation sites is 1. The molecule has 2 aromatic carbocycles. The molecule has 0 unspecified atom stereocenters. The van der Waals surface area contributed by atoms with Crippen LogP contribution in [-0.4, -0.2) is 5.91 Å². The number of rotatable bonds is 2. The van der Waals surface area contributed by atoms with E-state index in [2.05, 4.69) is 27.9 Å². The number of nitrogens with one attached hydrogen (secondary N) is 1. The van der Waals surface area contributed by atoms with Crippen molar-refractivity contribution in [1.29, 1.82) is 5.26 Å². The summed E-state index contributed by atoms with van der Waals surface area (Å²) in [4.78, 5) is 12.0. The molecule has 0 spiro atoms. The average molecular weight is 348 g/mol. The first-order valence-corrected chi connectivity index (χ1v) is 6.34. The van der Waals surface area contributed by atoms with Crippen LogP contribution in [0.1, 0.15) is 15.9 Å². The number of hydrogen-bond acceptors (Lipinski definition) is 2. The first-order chi connectivity index (χ1) is 8.70. The second-order valence-electron chi connectivity index (χ2n) is 3.62. The predicted molar refractivity (Wildman–Crippen MR) is 78.3 cm³/mol. The zero-order chi connectivity index (χ0) is 13.0. The molecule has 0 saturated heterocycles. The summed E-state index contributed by atoms with van der Waals surface area (Å²) >= 11 is 2.17. The van der Waals surface area contributed by atoms with Gasteiger partial charge in [-0.15, -0.1) is 0 Å². The van der Waals surface area contributed by atoms with E-state index >= 15 is 0 Å². The second kappa shape index (κ2) is 5.65. The lowest BCUT2D eigenvalue weighted by molar-refractivity contribution is 0.102. The Bertz CT molecular complexity index is 614. The third-order valence-electron chi connectivity index (χ3n) is 2.40. The van der Waals surface area contributed by atoms with Crippen molar-refractivity contribution in [2.45, 2.75) is 0 Å². The predicted octanol–water partition coefficient (Wildman–Crippen LogP) is 3.42. The highest BCUT2D eigenvalue weighted by molar-refractivity contribution is 14.1. The van der Waals surface area contributed by atoms with E-state index in [1.54, 1.807) is 24.3 Å². The third-order valence-corrected chi connectivity index (χ3v) is 3.34. The molecule has 2 aromatic rings. The molecule has 18 heavy (non-hydrogen) atoms. The monoisotopic (exact) mass is 348 g/mol. The highest BCUT2D eigenvalue weighted by atomic mass is 127. The van der Waals surface area contributed by atoms with Crippen LogP contribution in [0.25, 0.3) is 0 Å². The molecule has 0 radical (unpaired) electrons. The molecule has 1 amide bonds. The van der Waals surface area contributed by atoms with E-state index in [-0.39, 0.29) is 5.91 Å². The highest BCUT2D eigenvalue weighted by Gasteiger charge is 2.07. The van der Waals surface area contributed by atoms with Gasteiger partial charge in [0, 0.05) is 9.13 Å². The summed E-state index contributed by atoms with van der Waals surface area (Å²) < 4.78 is 0.983. The van der Waals surface area contributed by atoms with Crippen LogP contribution in [0.4, 0.5) is 5.69 Å². The van der Waals surface area contributed by atoms with Crippen molar-refractivity contribution < 1.29 is 4.79 Å². The fourth-order valence-electron chi connectivity index (χ4n) is 1.45. The van der Waals surface area contributed by atoms with Crippen molar-refractivity contribution in [1.82, 2.24) is 0 Å². The van der Waals surface area contributed by atoms with Crippen molar-refractivity contribution in [3.05, 3.63) is 63.2 Å². The molecule has 0 atom stereocenters.